The van der Waals surface area contributed by atoms with E-state index in [1.165, 1.54) is 24.3 Å². The van der Waals surface area contributed by atoms with Crippen molar-refractivity contribution in [2.75, 3.05) is 33.3 Å². The van der Waals surface area contributed by atoms with Gasteiger partial charge >= 0.3 is 0 Å². The summed E-state index contributed by atoms with van der Waals surface area (Å²) in [6.07, 6.45) is 1.85. The summed E-state index contributed by atoms with van der Waals surface area (Å²) >= 11 is 0. The molecule has 148 valence electrons. The minimum atomic E-state index is -0.259. The minimum Gasteiger partial charge on any atom is -0.399 e. The molecule has 0 bridgehead atoms. The van der Waals surface area contributed by atoms with Gasteiger partial charge in [0.25, 0.3) is 0 Å². The zero-order chi connectivity index (χ0) is 19.6. The highest BCUT2D eigenvalue weighted by Crippen LogP contribution is 2.41. The SMILES string of the molecule is CON=C1CCNC[C@@]12CCN(C(c1ccc(F)cc1)c1ccc(F)cc1)C2. The summed E-state index contributed by atoms with van der Waals surface area (Å²) in [5, 5.41) is 7.83. The van der Waals surface area contributed by atoms with Crippen LogP contribution >= 0.6 is 0 Å². The zero-order valence-corrected chi connectivity index (χ0v) is 16.0. The summed E-state index contributed by atoms with van der Waals surface area (Å²) in [5.74, 6) is -0.518. The van der Waals surface area contributed by atoms with Crippen molar-refractivity contribution in [3.63, 3.8) is 0 Å². The van der Waals surface area contributed by atoms with E-state index in [2.05, 4.69) is 15.4 Å². The van der Waals surface area contributed by atoms with Gasteiger partial charge in [-0.3, -0.25) is 4.90 Å². The molecule has 2 fully saturated rings. The molecule has 6 heteroatoms. The fourth-order valence-corrected chi connectivity index (χ4v) is 4.56. The van der Waals surface area contributed by atoms with Crippen LogP contribution in [0.1, 0.15) is 30.0 Å². The van der Waals surface area contributed by atoms with Gasteiger partial charge in [-0.15, -0.1) is 0 Å². The van der Waals surface area contributed by atoms with Gasteiger partial charge in [0.15, 0.2) is 0 Å². The molecular formula is C22H25F2N3O. The Kier molecular flexibility index (Phi) is 5.42. The van der Waals surface area contributed by atoms with Crippen molar-refractivity contribution < 1.29 is 13.6 Å². The number of hydrogen-bond acceptors (Lipinski definition) is 4. The molecule has 28 heavy (non-hydrogen) atoms. The Balaban J connectivity index is 1.68. The highest BCUT2D eigenvalue weighted by Gasteiger charge is 2.46. The Morgan fingerprint density at radius 3 is 2.21 bits per heavy atom. The number of benzene rings is 2. The fraction of sp³-hybridized carbons (Fsp3) is 0.409. The van der Waals surface area contributed by atoms with Crippen LogP contribution in [0.2, 0.25) is 0 Å². The van der Waals surface area contributed by atoms with Crippen LogP contribution in [0.15, 0.2) is 53.7 Å². The molecule has 0 saturated carbocycles. The summed E-state index contributed by atoms with van der Waals surface area (Å²) in [5.41, 5.74) is 3.04. The first-order chi connectivity index (χ1) is 13.6. The number of oxime groups is 1. The van der Waals surface area contributed by atoms with Crippen molar-refractivity contribution in [1.82, 2.24) is 10.2 Å². The third-order valence-corrected chi connectivity index (χ3v) is 5.94. The van der Waals surface area contributed by atoms with Gasteiger partial charge in [0.2, 0.25) is 0 Å². The van der Waals surface area contributed by atoms with Crippen molar-refractivity contribution in [2.45, 2.75) is 18.9 Å². The second kappa shape index (κ2) is 7.97. The van der Waals surface area contributed by atoms with Gasteiger partial charge < -0.3 is 10.2 Å². The van der Waals surface area contributed by atoms with Gasteiger partial charge in [0.1, 0.15) is 18.7 Å². The van der Waals surface area contributed by atoms with Crippen LogP contribution in [-0.2, 0) is 4.84 Å². The lowest BCUT2D eigenvalue weighted by molar-refractivity contribution is 0.198. The zero-order valence-electron chi connectivity index (χ0n) is 16.0. The Morgan fingerprint density at radius 2 is 1.64 bits per heavy atom. The number of nitrogens with zero attached hydrogens (tertiary/aromatic N) is 2. The maximum absolute atomic E-state index is 13.5. The van der Waals surface area contributed by atoms with E-state index in [1.807, 2.05) is 24.3 Å². The maximum Gasteiger partial charge on any atom is 0.123 e. The van der Waals surface area contributed by atoms with E-state index in [0.29, 0.717) is 0 Å². The molecule has 4 nitrogen and oxygen atoms in total. The van der Waals surface area contributed by atoms with E-state index in [4.69, 9.17) is 4.84 Å². The third kappa shape index (κ3) is 3.66. The van der Waals surface area contributed by atoms with Gasteiger partial charge in [-0.2, -0.15) is 0 Å². The summed E-state index contributed by atoms with van der Waals surface area (Å²) in [6, 6.07) is 13.1. The second-order valence-corrected chi connectivity index (χ2v) is 7.65. The van der Waals surface area contributed by atoms with Gasteiger partial charge in [-0.05, 0) is 41.8 Å². The molecule has 0 aliphatic carbocycles. The average Bonchev–Trinajstić information content (AvgIpc) is 3.11. The van der Waals surface area contributed by atoms with Crippen LogP contribution < -0.4 is 5.32 Å². The highest BCUT2D eigenvalue weighted by atomic mass is 19.1. The minimum absolute atomic E-state index is 0.0629. The Bertz CT molecular complexity index is 792. The van der Waals surface area contributed by atoms with E-state index in [0.717, 1.165) is 55.9 Å². The summed E-state index contributed by atoms with van der Waals surface area (Å²) in [4.78, 5) is 7.51. The number of nitrogens with one attached hydrogen (secondary N) is 1. The molecule has 1 N–H and O–H groups in total. The number of halogens is 2. The van der Waals surface area contributed by atoms with Gasteiger partial charge in [-0.1, -0.05) is 29.4 Å². The second-order valence-electron chi connectivity index (χ2n) is 7.65. The van der Waals surface area contributed by atoms with E-state index >= 15 is 0 Å². The first kappa shape index (κ1) is 19.0. The Hall–Kier alpha value is -2.31. The molecule has 1 atom stereocenters. The molecule has 0 amide bonds. The summed E-state index contributed by atoms with van der Waals surface area (Å²) < 4.78 is 27.0. The maximum atomic E-state index is 13.5. The van der Waals surface area contributed by atoms with E-state index in [9.17, 15) is 8.78 Å². The third-order valence-electron chi connectivity index (χ3n) is 5.94. The molecule has 1 spiro atoms. The topological polar surface area (TPSA) is 36.9 Å². The van der Waals surface area contributed by atoms with E-state index < -0.39 is 0 Å². The monoisotopic (exact) mass is 385 g/mol. The van der Waals surface area contributed by atoms with Gasteiger partial charge in [0.05, 0.1) is 11.8 Å². The fourth-order valence-electron chi connectivity index (χ4n) is 4.56. The highest BCUT2D eigenvalue weighted by molar-refractivity contribution is 5.91. The quantitative estimate of drug-likeness (QED) is 0.815. The molecule has 2 aromatic rings. The van der Waals surface area contributed by atoms with Crippen LogP contribution in [0.25, 0.3) is 0 Å². The number of rotatable bonds is 4. The standard InChI is InChI=1S/C22H25F2N3O/c1-28-26-20-10-12-25-14-22(20)11-13-27(15-22)21(16-2-6-18(23)7-3-16)17-4-8-19(24)9-5-17/h2-9,21,25H,10-15H2,1H3/t22-/m1/s1. The van der Waals surface area contributed by atoms with Crippen molar-refractivity contribution in [3.05, 3.63) is 71.3 Å². The first-order valence-corrected chi connectivity index (χ1v) is 9.67. The molecule has 2 aliphatic heterocycles. The largest absolute Gasteiger partial charge is 0.399 e. The molecule has 2 aliphatic rings. The molecule has 0 unspecified atom stereocenters. The molecular weight excluding hydrogens is 360 g/mol. The van der Waals surface area contributed by atoms with Crippen LogP contribution in [0, 0.1) is 17.0 Å². The molecule has 2 aromatic carbocycles. The number of hydrogen-bond donors (Lipinski definition) is 1. The van der Waals surface area contributed by atoms with Crippen molar-refractivity contribution in [2.24, 2.45) is 10.6 Å². The molecule has 2 heterocycles. The molecule has 0 aromatic heterocycles. The predicted octanol–water partition coefficient (Wildman–Crippen LogP) is 3.74. The number of likely N-dealkylation sites (tertiary alicyclic amines) is 1. The van der Waals surface area contributed by atoms with Gasteiger partial charge in [0, 0.05) is 38.0 Å². The smallest absolute Gasteiger partial charge is 0.123 e. The van der Waals surface area contributed by atoms with Gasteiger partial charge in [-0.25, -0.2) is 8.78 Å². The van der Waals surface area contributed by atoms with E-state index in [-0.39, 0.29) is 23.1 Å². The van der Waals surface area contributed by atoms with E-state index in [1.54, 1.807) is 7.11 Å². The number of piperidine rings is 1. The summed E-state index contributed by atoms with van der Waals surface area (Å²) in [7, 11) is 1.59. The van der Waals surface area contributed by atoms with Crippen LogP contribution in [-0.4, -0.2) is 43.9 Å². The Morgan fingerprint density at radius 1 is 1.04 bits per heavy atom. The summed E-state index contributed by atoms with van der Waals surface area (Å²) in [6.45, 7) is 3.47. The lowest BCUT2D eigenvalue weighted by atomic mass is 9.78. The molecule has 4 rings (SSSR count). The van der Waals surface area contributed by atoms with Crippen molar-refractivity contribution in [3.8, 4) is 0 Å². The predicted molar refractivity (Wildman–Crippen MR) is 105 cm³/mol. The Labute approximate surface area is 164 Å². The van der Waals surface area contributed by atoms with Crippen molar-refractivity contribution in [1.29, 1.82) is 0 Å². The van der Waals surface area contributed by atoms with Crippen molar-refractivity contribution >= 4 is 5.71 Å². The van der Waals surface area contributed by atoms with Crippen LogP contribution in [0.4, 0.5) is 8.78 Å². The lowest BCUT2D eigenvalue weighted by Gasteiger charge is -2.36. The molecule has 2 saturated heterocycles. The molecule has 0 radical (unpaired) electrons. The normalized spacial score (nSPS) is 24.4. The van der Waals surface area contributed by atoms with Crippen LogP contribution in [0.3, 0.4) is 0 Å². The lowest BCUT2D eigenvalue weighted by Crippen LogP contribution is -2.49. The first-order valence-electron chi connectivity index (χ1n) is 9.67. The average molecular weight is 385 g/mol. The van der Waals surface area contributed by atoms with Crippen LogP contribution in [0.5, 0.6) is 0 Å².